The van der Waals surface area contributed by atoms with Gasteiger partial charge in [0.05, 0.1) is 4.92 Å². The third kappa shape index (κ3) is 3.30. The van der Waals surface area contributed by atoms with E-state index < -0.39 is 10.8 Å². The first-order chi connectivity index (χ1) is 11.5. The summed E-state index contributed by atoms with van der Waals surface area (Å²) < 4.78 is 2.16. The maximum atomic E-state index is 12.3. The quantitative estimate of drug-likeness (QED) is 0.546. The third-order valence-corrected chi connectivity index (χ3v) is 3.73. The summed E-state index contributed by atoms with van der Waals surface area (Å²) in [6.45, 7) is 0. The molecule has 0 saturated carbocycles. The summed E-state index contributed by atoms with van der Waals surface area (Å²) in [5.41, 5.74) is 0.765. The van der Waals surface area contributed by atoms with Crippen LogP contribution in [0.1, 0.15) is 10.4 Å². The van der Waals surface area contributed by atoms with Crippen LogP contribution in [-0.2, 0) is 0 Å². The lowest BCUT2D eigenvalue weighted by Crippen LogP contribution is -2.13. The van der Waals surface area contributed by atoms with Crippen LogP contribution in [0.3, 0.4) is 0 Å². The predicted octanol–water partition coefficient (Wildman–Crippen LogP) is 3.19. The van der Waals surface area contributed by atoms with E-state index in [0.29, 0.717) is 5.69 Å². The highest BCUT2D eigenvalue weighted by molar-refractivity contribution is 9.10. The van der Waals surface area contributed by atoms with Crippen molar-refractivity contribution in [2.75, 3.05) is 5.32 Å². The van der Waals surface area contributed by atoms with Gasteiger partial charge in [0.25, 0.3) is 11.6 Å². The van der Waals surface area contributed by atoms with Gasteiger partial charge in [-0.1, -0.05) is 15.9 Å². The van der Waals surface area contributed by atoms with E-state index in [1.54, 1.807) is 24.3 Å². The van der Waals surface area contributed by atoms with Gasteiger partial charge in [-0.2, -0.15) is 5.10 Å². The van der Waals surface area contributed by atoms with Crippen LogP contribution in [0.4, 0.5) is 11.4 Å². The average Bonchev–Trinajstić information content (AvgIpc) is 3.10. The minimum absolute atomic E-state index is 0.175. The second kappa shape index (κ2) is 6.59. The number of nitro groups is 1. The van der Waals surface area contributed by atoms with Crippen molar-refractivity contribution in [2.24, 2.45) is 0 Å². The van der Waals surface area contributed by atoms with Crippen LogP contribution in [0.5, 0.6) is 0 Å². The van der Waals surface area contributed by atoms with Gasteiger partial charge in [-0.15, -0.1) is 0 Å². The van der Waals surface area contributed by atoms with Crippen LogP contribution in [0.15, 0.2) is 59.6 Å². The molecule has 120 valence electrons. The molecule has 1 N–H and O–H groups in total. The number of nitro benzene ring substituents is 1. The van der Waals surface area contributed by atoms with E-state index in [0.717, 1.165) is 4.47 Å². The number of hydrogen-bond acceptors (Lipinski definition) is 5. The first-order valence-electron chi connectivity index (χ1n) is 6.75. The van der Waals surface area contributed by atoms with E-state index in [2.05, 4.69) is 31.3 Å². The number of benzene rings is 2. The largest absolute Gasteiger partial charge is 0.322 e. The van der Waals surface area contributed by atoms with Crippen molar-refractivity contribution in [3.05, 3.63) is 75.3 Å². The highest BCUT2D eigenvalue weighted by Crippen LogP contribution is 2.24. The van der Waals surface area contributed by atoms with Crippen LogP contribution in [0.2, 0.25) is 0 Å². The lowest BCUT2D eigenvalue weighted by atomic mass is 10.1. The second-order valence-electron chi connectivity index (χ2n) is 4.76. The highest BCUT2D eigenvalue weighted by Gasteiger charge is 2.19. The SMILES string of the molecule is O=C(Nc1ccc(Br)cc1)c1ccc(-n2cncn2)c([N+](=O)[O-])c1. The van der Waals surface area contributed by atoms with Gasteiger partial charge in [0.15, 0.2) is 0 Å². The number of hydrogen-bond donors (Lipinski definition) is 1. The monoisotopic (exact) mass is 387 g/mol. The zero-order chi connectivity index (χ0) is 17.1. The Morgan fingerprint density at radius 1 is 1.21 bits per heavy atom. The number of carbonyl (C=O) groups is 1. The molecule has 3 aromatic rings. The van der Waals surface area contributed by atoms with Crippen molar-refractivity contribution in [1.82, 2.24) is 14.8 Å². The zero-order valence-corrected chi connectivity index (χ0v) is 13.7. The van der Waals surface area contributed by atoms with Crippen LogP contribution in [0, 0.1) is 10.1 Å². The molecule has 0 aliphatic heterocycles. The Balaban J connectivity index is 1.91. The Labute approximate surface area is 144 Å². The summed E-state index contributed by atoms with van der Waals surface area (Å²) in [6, 6.07) is 11.2. The molecule has 1 amide bonds. The number of aromatic nitrogens is 3. The maximum Gasteiger partial charge on any atom is 0.295 e. The summed E-state index contributed by atoms with van der Waals surface area (Å²) in [7, 11) is 0. The summed E-state index contributed by atoms with van der Waals surface area (Å²) in [4.78, 5) is 26.8. The smallest absolute Gasteiger partial charge is 0.295 e. The van der Waals surface area contributed by atoms with Crippen LogP contribution < -0.4 is 5.32 Å². The van der Waals surface area contributed by atoms with Gasteiger partial charge in [0.2, 0.25) is 0 Å². The van der Waals surface area contributed by atoms with E-state index in [1.165, 1.54) is 35.5 Å². The molecule has 0 atom stereocenters. The molecule has 24 heavy (non-hydrogen) atoms. The molecule has 0 fully saturated rings. The molecular formula is C15H10BrN5O3. The van der Waals surface area contributed by atoms with Gasteiger partial charge in [-0.05, 0) is 36.4 Å². The van der Waals surface area contributed by atoms with Crippen LogP contribution >= 0.6 is 15.9 Å². The molecule has 0 saturated heterocycles. The number of amides is 1. The zero-order valence-electron chi connectivity index (χ0n) is 12.1. The molecule has 3 rings (SSSR count). The molecule has 0 aliphatic carbocycles. The number of rotatable bonds is 4. The topological polar surface area (TPSA) is 103 Å². The summed E-state index contributed by atoms with van der Waals surface area (Å²) in [5.74, 6) is -0.439. The fourth-order valence-corrected chi connectivity index (χ4v) is 2.34. The Bertz CT molecular complexity index is 894. The van der Waals surface area contributed by atoms with Gasteiger partial charge in [0, 0.05) is 21.8 Å². The molecule has 0 unspecified atom stereocenters. The standard InChI is InChI=1S/C15H10BrN5O3/c16-11-2-4-12(5-3-11)19-15(22)10-1-6-13(14(7-10)21(23)24)20-9-17-8-18-20/h1-9H,(H,19,22). The molecule has 1 aromatic heterocycles. The molecule has 0 bridgehead atoms. The van der Waals surface area contributed by atoms with Crippen molar-refractivity contribution in [3.63, 3.8) is 0 Å². The second-order valence-corrected chi connectivity index (χ2v) is 5.68. The molecule has 8 nitrogen and oxygen atoms in total. The molecule has 2 aromatic carbocycles. The Hall–Kier alpha value is -3.07. The predicted molar refractivity (Wildman–Crippen MR) is 90.1 cm³/mol. The number of nitrogens with zero attached hydrogens (tertiary/aromatic N) is 4. The van der Waals surface area contributed by atoms with Gasteiger partial charge in [-0.3, -0.25) is 14.9 Å². The number of halogens is 1. The van der Waals surface area contributed by atoms with Crippen molar-refractivity contribution in [3.8, 4) is 5.69 Å². The summed E-state index contributed by atoms with van der Waals surface area (Å²) in [6.07, 6.45) is 2.63. The first kappa shape index (κ1) is 15.8. The Morgan fingerprint density at radius 2 is 1.96 bits per heavy atom. The fourth-order valence-electron chi connectivity index (χ4n) is 2.07. The van der Waals surface area contributed by atoms with E-state index in [-0.39, 0.29) is 16.9 Å². The van der Waals surface area contributed by atoms with Crippen LogP contribution in [0.25, 0.3) is 5.69 Å². The number of carbonyl (C=O) groups excluding carboxylic acids is 1. The van der Waals surface area contributed by atoms with Crippen molar-refractivity contribution < 1.29 is 9.72 Å². The van der Waals surface area contributed by atoms with E-state index >= 15 is 0 Å². The van der Waals surface area contributed by atoms with Crippen molar-refractivity contribution in [2.45, 2.75) is 0 Å². The summed E-state index contributed by atoms with van der Waals surface area (Å²) in [5, 5.41) is 17.9. The number of nitrogens with one attached hydrogen (secondary N) is 1. The van der Waals surface area contributed by atoms with E-state index in [4.69, 9.17) is 0 Å². The average molecular weight is 388 g/mol. The lowest BCUT2D eigenvalue weighted by Gasteiger charge is -2.07. The number of anilines is 1. The first-order valence-corrected chi connectivity index (χ1v) is 7.54. The molecule has 9 heteroatoms. The van der Waals surface area contributed by atoms with E-state index in [1.807, 2.05) is 0 Å². The highest BCUT2D eigenvalue weighted by atomic mass is 79.9. The minimum Gasteiger partial charge on any atom is -0.322 e. The van der Waals surface area contributed by atoms with Gasteiger partial charge in [-0.25, -0.2) is 9.67 Å². The molecule has 1 heterocycles. The molecule has 0 aliphatic rings. The van der Waals surface area contributed by atoms with Crippen molar-refractivity contribution in [1.29, 1.82) is 0 Å². The van der Waals surface area contributed by atoms with E-state index in [9.17, 15) is 14.9 Å². The minimum atomic E-state index is -0.562. The van der Waals surface area contributed by atoms with Crippen LogP contribution in [-0.4, -0.2) is 25.6 Å². The lowest BCUT2D eigenvalue weighted by molar-refractivity contribution is -0.384. The normalized spacial score (nSPS) is 10.4. The third-order valence-electron chi connectivity index (χ3n) is 3.20. The molecule has 0 spiro atoms. The van der Waals surface area contributed by atoms with Gasteiger partial charge in [0.1, 0.15) is 18.3 Å². The fraction of sp³-hybridized carbons (Fsp3) is 0. The summed E-state index contributed by atoms with van der Waals surface area (Å²) >= 11 is 3.31. The molecular weight excluding hydrogens is 378 g/mol. The van der Waals surface area contributed by atoms with Gasteiger partial charge >= 0.3 is 0 Å². The maximum absolute atomic E-state index is 12.3. The van der Waals surface area contributed by atoms with Gasteiger partial charge < -0.3 is 5.32 Å². The molecule has 0 radical (unpaired) electrons. The van der Waals surface area contributed by atoms with Crippen molar-refractivity contribution >= 4 is 33.2 Å². The Kier molecular flexibility index (Phi) is 4.34. The Morgan fingerprint density at radius 3 is 2.58 bits per heavy atom.